The van der Waals surface area contributed by atoms with Gasteiger partial charge in [-0.15, -0.1) is 11.3 Å². The Kier molecular flexibility index (Phi) is 4.71. The maximum Gasteiger partial charge on any atom is 0.123 e. The van der Waals surface area contributed by atoms with Crippen molar-refractivity contribution < 1.29 is 9.50 Å². The van der Waals surface area contributed by atoms with Crippen molar-refractivity contribution in [2.24, 2.45) is 5.73 Å². The molecule has 1 aromatic carbocycles. The first kappa shape index (κ1) is 13.9. The summed E-state index contributed by atoms with van der Waals surface area (Å²) in [6.45, 7) is 0.319. The van der Waals surface area contributed by atoms with Crippen LogP contribution in [0.1, 0.15) is 23.1 Å². The topological polar surface area (TPSA) is 46.2 Å². The van der Waals surface area contributed by atoms with Crippen molar-refractivity contribution >= 4 is 33.9 Å². The van der Waals surface area contributed by atoms with Crippen LogP contribution in [0.15, 0.2) is 35.7 Å². The minimum Gasteiger partial charge on any atom is -0.388 e. The van der Waals surface area contributed by atoms with Gasteiger partial charge in [0.25, 0.3) is 0 Å². The molecule has 0 amide bonds. The number of aliphatic hydroxyl groups excluding tert-OH is 1. The monoisotopic (exact) mass is 377 g/mol. The fraction of sp³-hybridized carbons (Fsp3) is 0.231. The number of thiophene rings is 1. The van der Waals surface area contributed by atoms with E-state index in [1.54, 1.807) is 23.5 Å². The maximum atomic E-state index is 12.9. The molecule has 0 saturated heterocycles. The van der Waals surface area contributed by atoms with Gasteiger partial charge in [0.1, 0.15) is 5.82 Å². The number of rotatable bonds is 4. The normalized spacial score (nSPS) is 14.4. The van der Waals surface area contributed by atoms with E-state index in [4.69, 9.17) is 5.73 Å². The molecule has 0 radical (unpaired) electrons. The Morgan fingerprint density at radius 2 is 1.94 bits per heavy atom. The van der Waals surface area contributed by atoms with Gasteiger partial charge in [-0.3, -0.25) is 0 Å². The summed E-state index contributed by atoms with van der Waals surface area (Å²) in [4.78, 5) is 0. The Balaban J connectivity index is 2.25. The van der Waals surface area contributed by atoms with Crippen LogP contribution >= 0.6 is 33.9 Å². The molecular formula is C13H13FINOS. The van der Waals surface area contributed by atoms with E-state index in [0.717, 1.165) is 14.0 Å². The molecular weight excluding hydrogens is 364 g/mol. The first-order chi connectivity index (χ1) is 8.61. The van der Waals surface area contributed by atoms with Gasteiger partial charge in [-0.1, -0.05) is 12.1 Å². The summed E-state index contributed by atoms with van der Waals surface area (Å²) in [7, 11) is 0. The van der Waals surface area contributed by atoms with Gasteiger partial charge in [0.15, 0.2) is 0 Å². The molecule has 0 aliphatic rings. The van der Waals surface area contributed by atoms with E-state index in [9.17, 15) is 9.50 Å². The lowest BCUT2D eigenvalue weighted by Gasteiger charge is -2.21. The Hall–Kier alpha value is -0.500. The van der Waals surface area contributed by atoms with Gasteiger partial charge in [-0.05, 0) is 57.3 Å². The minimum absolute atomic E-state index is 0.212. The standard InChI is InChI=1S/C13H13FINOS/c14-10-3-1-8(2-4-10)11(6-16)13(17)9-5-12(15)18-7-9/h1-5,7,11,13,17H,6,16H2. The predicted octanol–water partition coefficient (Wildman–Crippen LogP) is 3.27. The van der Waals surface area contributed by atoms with Crippen molar-refractivity contribution in [3.05, 3.63) is 55.5 Å². The number of aliphatic hydroxyl groups is 1. The van der Waals surface area contributed by atoms with Gasteiger partial charge in [0, 0.05) is 12.5 Å². The van der Waals surface area contributed by atoms with Crippen molar-refractivity contribution in [3.63, 3.8) is 0 Å². The third kappa shape index (κ3) is 3.09. The van der Waals surface area contributed by atoms with Gasteiger partial charge in [0.05, 0.1) is 8.99 Å². The van der Waals surface area contributed by atoms with Crippen LogP contribution in [0, 0.1) is 8.70 Å². The van der Waals surface area contributed by atoms with Gasteiger partial charge < -0.3 is 10.8 Å². The summed E-state index contributed by atoms with van der Waals surface area (Å²) in [6, 6.07) is 8.08. The molecule has 0 saturated carbocycles. The van der Waals surface area contributed by atoms with Crippen LogP contribution in [0.4, 0.5) is 4.39 Å². The van der Waals surface area contributed by atoms with Gasteiger partial charge >= 0.3 is 0 Å². The van der Waals surface area contributed by atoms with Crippen LogP contribution < -0.4 is 5.73 Å². The maximum absolute atomic E-state index is 12.9. The van der Waals surface area contributed by atoms with Crippen LogP contribution in [0.5, 0.6) is 0 Å². The highest BCUT2D eigenvalue weighted by Crippen LogP contribution is 2.32. The van der Waals surface area contributed by atoms with E-state index >= 15 is 0 Å². The minimum atomic E-state index is -0.653. The zero-order valence-corrected chi connectivity index (χ0v) is 12.5. The number of hydrogen-bond acceptors (Lipinski definition) is 3. The van der Waals surface area contributed by atoms with Crippen LogP contribution in [0.3, 0.4) is 0 Å². The second kappa shape index (κ2) is 6.10. The summed E-state index contributed by atoms with van der Waals surface area (Å²) in [5.74, 6) is -0.495. The molecule has 1 aromatic heterocycles. The molecule has 0 aliphatic heterocycles. The molecule has 2 rings (SSSR count). The fourth-order valence-electron chi connectivity index (χ4n) is 1.87. The van der Waals surface area contributed by atoms with E-state index in [2.05, 4.69) is 22.6 Å². The van der Waals surface area contributed by atoms with Crippen LogP contribution in [0.2, 0.25) is 0 Å². The molecule has 96 valence electrons. The quantitative estimate of drug-likeness (QED) is 0.804. The van der Waals surface area contributed by atoms with Crippen LogP contribution in [-0.2, 0) is 0 Å². The molecule has 2 unspecified atom stereocenters. The van der Waals surface area contributed by atoms with Crippen molar-refractivity contribution in [1.29, 1.82) is 0 Å². The molecule has 1 heterocycles. The molecule has 0 aliphatic carbocycles. The Bertz CT molecular complexity index is 514. The molecule has 0 spiro atoms. The summed E-state index contributed by atoms with van der Waals surface area (Å²) in [5.41, 5.74) is 7.45. The molecule has 18 heavy (non-hydrogen) atoms. The second-order valence-corrected chi connectivity index (χ2v) is 6.83. The lowest BCUT2D eigenvalue weighted by Crippen LogP contribution is -2.19. The summed E-state index contributed by atoms with van der Waals surface area (Å²) in [6.07, 6.45) is -0.653. The van der Waals surface area contributed by atoms with Gasteiger partial charge in [-0.25, -0.2) is 4.39 Å². The number of halogens is 2. The third-order valence-electron chi connectivity index (χ3n) is 2.86. The fourth-order valence-corrected chi connectivity index (χ4v) is 3.27. The zero-order valence-electron chi connectivity index (χ0n) is 9.51. The molecule has 2 atom stereocenters. The molecule has 5 heteroatoms. The van der Waals surface area contributed by atoms with E-state index < -0.39 is 6.10 Å². The number of benzene rings is 1. The van der Waals surface area contributed by atoms with Crippen LogP contribution in [-0.4, -0.2) is 11.7 Å². The highest BCUT2D eigenvalue weighted by Gasteiger charge is 2.22. The Morgan fingerprint density at radius 1 is 1.28 bits per heavy atom. The predicted molar refractivity (Wildman–Crippen MR) is 80.2 cm³/mol. The zero-order chi connectivity index (χ0) is 13.1. The summed E-state index contributed by atoms with van der Waals surface area (Å²) in [5, 5.41) is 12.3. The highest BCUT2D eigenvalue weighted by molar-refractivity contribution is 14.1. The molecule has 3 N–H and O–H groups in total. The largest absolute Gasteiger partial charge is 0.388 e. The number of hydrogen-bond donors (Lipinski definition) is 2. The second-order valence-electron chi connectivity index (χ2n) is 4.02. The average molecular weight is 377 g/mol. The van der Waals surface area contributed by atoms with Crippen molar-refractivity contribution in [3.8, 4) is 0 Å². The van der Waals surface area contributed by atoms with E-state index in [1.165, 1.54) is 12.1 Å². The van der Waals surface area contributed by atoms with E-state index in [0.29, 0.717) is 6.54 Å². The smallest absolute Gasteiger partial charge is 0.123 e. The van der Waals surface area contributed by atoms with Crippen LogP contribution in [0.25, 0.3) is 0 Å². The first-order valence-corrected chi connectivity index (χ1v) is 7.45. The summed E-state index contributed by atoms with van der Waals surface area (Å²) < 4.78 is 14.0. The average Bonchev–Trinajstić information content (AvgIpc) is 2.79. The molecule has 0 fully saturated rings. The van der Waals surface area contributed by atoms with E-state index in [-0.39, 0.29) is 11.7 Å². The lowest BCUT2D eigenvalue weighted by molar-refractivity contribution is 0.148. The molecule has 2 aromatic rings. The Morgan fingerprint density at radius 3 is 2.44 bits per heavy atom. The van der Waals surface area contributed by atoms with Gasteiger partial charge in [-0.2, -0.15) is 0 Å². The highest BCUT2D eigenvalue weighted by atomic mass is 127. The Labute approximate surface area is 123 Å². The SMILES string of the molecule is NCC(c1ccc(F)cc1)C(O)c1csc(I)c1. The third-order valence-corrected chi connectivity index (χ3v) is 4.67. The van der Waals surface area contributed by atoms with E-state index in [1.807, 2.05) is 11.4 Å². The van der Waals surface area contributed by atoms with Crippen molar-refractivity contribution in [2.45, 2.75) is 12.0 Å². The molecule has 0 bridgehead atoms. The summed E-state index contributed by atoms with van der Waals surface area (Å²) >= 11 is 3.80. The van der Waals surface area contributed by atoms with Crippen molar-refractivity contribution in [1.82, 2.24) is 0 Å². The lowest BCUT2D eigenvalue weighted by atomic mass is 9.90. The molecule has 2 nitrogen and oxygen atoms in total. The number of nitrogens with two attached hydrogens (primary N) is 1. The van der Waals surface area contributed by atoms with Crippen molar-refractivity contribution in [2.75, 3.05) is 6.54 Å². The first-order valence-electron chi connectivity index (χ1n) is 5.49. The van der Waals surface area contributed by atoms with Gasteiger partial charge in [0.2, 0.25) is 0 Å².